The molecule has 1 aromatic carbocycles. The van der Waals surface area contributed by atoms with Gasteiger partial charge in [0.2, 0.25) is 0 Å². The number of pyridine rings is 1. The van der Waals surface area contributed by atoms with Gasteiger partial charge in [-0.1, -0.05) is 0 Å². The van der Waals surface area contributed by atoms with Crippen LogP contribution in [0.3, 0.4) is 0 Å². The fourth-order valence-electron chi connectivity index (χ4n) is 1.56. The number of rotatable bonds is 3. The fourth-order valence-corrected chi connectivity index (χ4v) is 2.19. The van der Waals surface area contributed by atoms with Gasteiger partial charge in [-0.25, -0.2) is 8.78 Å². The van der Waals surface area contributed by atoms with Gasteiger partial charge >= 0.3 is 0 Å². The molecule has 1 heterocycles. The van der Waals surface area contributed by atoms with Crippen molar-refractivity contribution in [3.05, 3.63) is 57.4 Å². The minimum Gasteiger partial charge on any atom is -0.376 e. The summed E-state index contributed by atoms with van der Waals surface area (Å²) in [6, 6.07) is 7.45. The van der Waals surface area contributed by atoms with Crippen molar-refractivity contribution >= 4 is 28.3 Å². The summed E-state index contributed by atoms with van der Waals surface area (Å²) in [5.74, 6) is -0.625. The van der Waals surface area contributed by atoms with Crippen LogP contribution in [-0.2, 0) is 0 Å². The molecule has 1 atom stereocenters. The van der Waals surface area contributed by atoms with Gasteiger partial charge in [0.05, 0.1) is 17.9 Å². The Morgan fingerprint density at radius 2 is 1.89 bits per heavy atom. The van der Waals surface area contributed by atoms with E-state index in [2.05, 4.69) is 32.9 Å². The number of aromatic nitrogens is 1. The van der Waals surface area contributed by atoms with Gasteiger partial charge in [-0.15, -0.1) is 0 Å². The molecule has 18 heavy (non-hydrogen) atoms. The predicted octanol–water partition coefficient (Wildman–Crippen LogP) is 4.14. The van der Waals surface area contributed by atoms with Crippen molar-refractivity contribution in [1.82, 2.24) is 4.98 Å². The largest absolute Gasteiger partial charge is 0.376 e. The van der Waals surface area contributed by atoms with Gasteiger partial charge < -0.3 is 5.32 Å². The van der Waals surface area contributed by atoms with E-state index >= 15 is 0 Å². The van der Waals surface area contributed by atoms with Crippen LogP contribution < -0.4 is 5.32 Å². The van der Waals surface area contributed by atoms with Crippen LogP contribution in [0.15, 0.2) is 36.5 Å². The van der Waals surface area contributed by atoms with Crippen molar-refractivity contribution in [3.63, 3.8) is 0 Å². The van der Waals surface area contributed by atoms with E-state index in [0.29, 0.717) is 0 Å². The normalized spacial score (nSPS) is 12.2. The summed E-state index contributed by atoms with van der Waals surface area (Å²) >= 11 is 2.06. The first-order chi connectivity index (χ1) is 8.56. The molecule has 2 rings (SSSR count). The molecule has 0 bridgehead atoms. The summed E-state index contributed by atoms with van der Waals surface area (Å²) in [4.78, 5) is 4.01. The molecule has 0 spiro atoms. The van der Waals surface area contributed by atoms with Gasteiger partial charge in [-0.2, -0.15) is 0 Å². The van der Waals surface area contributed by atoms with Gasteiger partial charge in [0.15, 0.2) is 0 Å². The van der Waals surface area contributed by atoms with Crippen molar-refractivity contribution in [2.24, 2.45) is 0 Å². The number of anilines is 1. The SMILES string of the molecule is CC(Nc1ccc(F)cc1I)c1ccc(F)cn1. The summed E-state index contributed by atoms with van der Waals surface area (Å²) in [5.41, 5.74) is 1.56. The van der Waals surface area contributed by atoms with E-state index in [1.54, 1.807) is 12.1 Å². The Bertz CT molecular complexity index is 543. The molecule has 2 nitrogen and oxygen atoms in total. The van der Waals surface area contributed by atoms with Crippen LogP contribution in [0.2, 0.25) is 0 Å². The topological polar surface area (TPSA) is 24.9 Å². The van der Waals surface area contributed by atoms with Crippen LogP contribution in [0.1, 0.15) is 18.7 Å². The average molecular weight is 360 g/mol. The highest BCUT2D eigenvalue weighted by Gasteiger charge is 2.09. The Morgan fingerprint density at radius 1 is 1.17 bits per heavy atom. The summed E-state index contributed by atoms with van der Waals surface area (Å²) in [5, 5.41) is 3.21. The van der Waals surface area contributed by atoms with E-state index in [1.807, 2.05) is 6.92 Å². The first kappa shape index (κ1) is 13.2. The van der Waals surface area contributed by atoms with Crippen LogP contribution in [0, 0.1) is 15.2 Å². The van der Waals surface area contributed by atoms with E-state index in [1.165, 1.54) is 24.4 Å². The van der Waals surface area contributed by atoms with E-state index in [9.17, 15) is 8.78 Å². The molecular weight excluding hydrogens is 349 g/mol. The molecule has 1 aromatic heterocycles. The molecular formula is C13H11F2IN2. The highest BCUT2D eigenvalue weighted by Crippen LogP contribution is 2.23. The Labute approximate surface area is 118 Å². The van der Waals surface area contributed by atoms with Gasteiger partial charge in [0.1, 0.15) is 11.6 Å². The molecule has 0 amide bonds. The maximum atomic E-state index is 13.0. The van der Waals surface area contributed by atoms with Crippen molar-refractivity contribution in [2.75, 3.05) is 5.32 Å². The predicted molar refractivity (Wildman–Crippen MR) is 75.3 cm³/mol. The lowest BCUT2D eigenvalue weighted by Crippen LogP contribution is -2.09. The molecule has 1 unspecified atom stereocenters. The summed E-state index contributed by atoms with van der Waals surface area (Å²) in [6.07, 6.45) is 1.18. The number of nitrogens with one attached hydrogen (secondary N) is 1. The van der Waals surface area contributed by atoms with Crippen molar-refractivity contribution in [1.29, 1.82) is 0 Å². The average Bonchev–Trinajstić information content (AvgIpc) is 2.33. The first-order valence-corrected chi connectivity index (χ1v) is 6.47. The zero-order chi connectivity index (χ0) is 13.1. The minimum absolute atomic E-state index is 0.0791. The van der Waals surface area contributed by atoms with Crippen LogP contribution in [0.4, 0.5) is 14.5 Å². The highest BCUT2D eigenvalue weighted by atomic mass is 127. The molecule has 5 heteroatoms. The summed E-state index contributed by atoms with van der Waals surface area (Å²) < 4.78 is 26.5. The Morgan fingerprint density at radius 3 is 2.50 bits per heavy atom. The van der Waals surface area contributed by atoms with E-state index in [0.717, 1.165) is 15.0 Å². The molecule has 0 radical (unpaired) electrons. The van der Waals surface area contributed by atoms with Crippen molar-refractivity contribution in [3.8, 4) is 0 Å². The number of hydrogen-bond acceptors (Lipinski definition) is 2. The number of halogens is 3. The lowest BCUT2D eigenvalue weighted by Gasteiger charge is -2.16. The van der Waals surface area contributed by atoms with Gasteiger partial charge in [-0.05, 0) is 59.8 Å². The first-order valence-electron chi connectivity index (χ1n) is 5.39. The second kappa shape index (κ2) is 5.60. The second-order valence-corrected chi connectivity index (χ2v) is 5.05. The standard InChI is InChI=1S/C13H11F2IN2/c1-8(12-4-3-10(15)7-17-12)18-13-5-2-9(14)6-11(13)16/h2-8,18H,1H3. The third kappa shape index (κ3) is 3.16. The van der Waals surface area contributed by atoms with E-state index in [-0.39, 0.29) is 17.7 Å². The van der Waals surface area contributed by atoms with E-state index in [4.69, 9.17) is 0 Å². The van der Waals surface area contributed by atoms with Crippen LogP contribution in [-0.4, -0.2) is 4.98 Å². The maximum Gasteiger partial charge on any atom is 0.141 e. The van der Waals surface area contributed by atoms with Gasteiger partial charge in [0.25, 0.3) is 0 Å². The van der Waals surface area contributed by atoms with Crippen LogP contribution >= 0.6 is 22.6 Å². The molecule has 0 aliphatic rings. The van der Waals surface area contributed by atoms with Crippen LogP contribution in [0.25, 0.3) is 0 Å². The molecule has 0 saturated heterocycles. The third-order valence-electron chi connectivity index (χ3n) is 2.50. The second-order valence-electron chi connectivity index (χ2n) is 3.89. The van der Waals surface area contributed by atoms with Gasteiger partial charge in [-0.3, -0.25) is 4.98 Å². The zero-order valence-corrected chi connectivity index (χ0v) is 11.8. The molecule has 94 valence electrons. The summed E-state index contributed by atoms with van der Waals surface area (Å²) in [6.45, 7) is 1.92. The smallest absolute Gasteiger partial charge is 0.141 e. The molecule has 0 aliphatic carbocycles. The minimum atomic E-state index is -0.359. The Kier molecular flexibility index (Phi) is 4.11. The number of hydrogen-bond donors (Lipinski definition) is 1. The lowest BCUT2D eigenvalue weighted by molar-refractivity contribution is 0.617. The summed E-state index contributed by atoms with van der Waals surface area (Å²) in [7, 11) is 0. The fraction of sp³-hybridized carbons (Fsp3) is 0.154. The molecule has 0 aliphatic heterocycles. The van der Waals surface area contributed by atoms with Crippen molar-refractivity contribution < 1.29 is 8.78 Å². The maximum absolute atomic E-state index is 13.0. The molecule has 1 N–H and O–H groups in total. The number of nitrogens with zero attached hydrogens (tertiary/aromatic N) is 1. The highest BCUT2D eigenvalue weighted by molar-refractivity contribution is 14.1. The lowest BCUT2D eigenvalue weighted by atomic mass is 10.2. The van der Waals surface area contributed by atoms with Crippen molar-refractivity contribution in [2.45, 2.75) is 13.0 Å². The number of benzene rings is 1. The molecule has 2 aromatic rings. The molecule has 0 fully saturated rings. The third-order valence-corrected chi connectivity index (χ3v) is 3.39. The van der Waals surface area contributed by atoms with Gasteiger partial charge in [0, 0.05) is 9.26 Å². The Hall–Kier alpha value is -1.24. The monoisotopic (exact) mass is 360 g/mol. The molecule has 0 saturated carbocycles. The quantitative estimate of drug-likeness (QED) is 0.833. The zero-order valence-electron chi connectivity index (χ0n) is 9.62. The Balaban J connectivity index is 2.15. The van der Waals surface area contributed by atoms with Crippen LogP contribution in [0.5, 0.6) is 0 Å². The van der Waals surface area contributed by atoms with E-state index < -0.39 is 0 Å².